The molecule has 0 unspecified atom stereocenters. The third-order valence-electron chi connectivity index (χ3n) is 4.70. The molecule has 1 aliphatic rings. The van der Waals surface area contributed by atoms with Gasteiger partial charge in [-0.25, -0.2) is 0 Å². The number of nitrogens with zero attached hydrogens (tertiary/aromatic N) is 1. The van der Waals surface area contributed by atoms with E-state index in [4.69, 9.17) is 0 Å². The minimum atomic E-state index is 0.506. The number of aromatic nitrogens is 1. The molecule has 0 spiro atoms. The Balaban J connectivity index is 1.63. The number of allylic oxidation sites excluding steroid dienone is 1. The van der Waals surface area contributed by atoms with Gasteiger partial charge in [0.2, 0.25) is 0 Å². The van der Waals surface area contributed by atoms with Crippen molar-refractivity contribution in [3.8, 4) is 0 Å². The highest BCUT2D eigenvalue weighted by atomic mass is 15.0. The van der Waals surface area contributed by atoms with Gasteiger partial charge in [0.1, 0.15) is 0 Å². The molecule has 1 aromatic heterocycles. The summed E-state index contributed by atoms with van der Waals surface area (Å²) >= 11 is 0. The van der Waals surface area contributed by atoms with Gasteiger partial charge in [0.15, 0.2) is 0 Å². The van der Waals surface area contributed by atoms with Gasteiger partial charge in [0, 0.05) is 29.7 Å². The van der Waals surface area contributed by atoms with Gasteiger partial charge in [-0.15, -0.1) is 0 Å². The molecular weight excluding hydrogens is 268 g/mol. The van der Waals surface area contributed by atoms with Crippen LogP contribution < -0.4 is 5.32 Å². The maximum absolute atomic E-state index is 3.64. The van der Waals surface area contributed by atoms with Gasteiger partial charge in [0.25, 0.3) is 0 Å². The first kappa shape index (κ1) is 15.4. The van der Waals surface area contributed by atoms with Crippen molar-refractivity contribution in [2.45, 2.75) is 58.5 Å². The largest absolute Gasteiger partial charge is 0.345 e. The first-order valence-corrected chi connectivity index (χ1v) is 8.73. The number of hydrogen-bond acceptors (Lipinski definition) is 1. The molecule has 0 atom stereocenters. The summed E-state index contributed by atoms with van der Waals surface area (Å²) in [5.74, 6) is 0. The minimum Gasteiger partial charge on any atom is -0.345 e. The average molecular weight is 296 g/mol. The average Bonchev–Trinajstić information content (AvgIpc) is 2.92. The molecule has 1 heterocycles. The van der Waals surface area contributed by atoms with Gasteiger partial charge < -0.3 is 9.88 Å². The molecule has 22 heavy (non-hydrogen) atoms. The summed E-state index contributed by atoms with van der Waals surface area (Å²) in [5.41, 5.74) is 4.43. The summed E-state index contributed by atoms with van der Waals surface area (Å²) in [6.45, 7) is 6.55. The lowest BCUT2D eigenvalue weighted by atomic mass is 9.97. The Bertz CT molecular complexity index is 649. The third kappa shape index (κ3) is 3.44. The number of fused-ring (bicyclic) bond motifs is 1. The van der Waals surface area contributed by atoms with Crippen LogP contribution in [0.3, 0.4) is 0 Å². The van der Waals surface area contributed by atoms with Gasteiger partial charge in [0.05, 0.1) is 0 Å². The predicted molar refractivity (Wildman–Crippen MR) is 95.2 cm³/mol. The zero-order valence-electron chi connectivity index (χ0n) is 13.9. The Morgan fingerprint density at radius 3 is 2.82 bits per heavy atom. The van der Waals surface area contributed by atoms with Crippen LogP contribution in [0, 0.1) is 0 Å². The predicted octanol–water partition coefficient (Wildman–Crippen LogP) is 5.20. The number of benzene rings is 1. The van der Waals surface area contributed by atoms with E-state index in [2.05, 4.69) is 60.3 Å². The standard InChI is InChI=1S/C20H28N2/c1-16(2)22-15-18(19-10-6-7-11-20(19)22)14-21-13-12-17-8-4-3-5-9-17/h6-8,10-11,15-16,21H,3-5,9,12-14H2,1-2H3. The van der Waals surface area contributed by atoms with Crippen molar-refractivity contribution < 1.29 is 0 Å². The van der Waals surface area contributed by atoms with E-state index in [-0.39, 0.29) is 0 Å². The molecule has 0 bridgehead atoms. The summed E-state index contributed by atoms with van der Waals surface area (Å²) in [7, 11) is 0. The summed E-state index contributed by atoms with van der Waals surface area (Å²) in [5, 5.41) is 5.03. The van der Waals surface area contributed by atoms with Crippen molar-refractivity contribution in [3.05, 3.63) is 47.7 Å². The molecule has 118 valence electrons. The molecule has 0 amide bonds. The van der Waals surface area contributed by atoms with E-state index < -0.39 is 0 Å². The van der Waals surface area contributed by atoms with Crippen LogP contribution in [-0.2, 0) is 6.54 Å². The van der Waals surface area contributed by atoms with Crippen molar-refractivity contribution in [2.75, 3.05) is 6.54 Å². The Hall–Kier alpha value is -1.54. The van der Waals surface area contributed by atoms with Crippen molar-refractivity contribution in [1.82, 2.24) is 9.88 Å². The highest BCUT2D eigenvalue weighted by molar-refractivity contribution is 5.84. The maximum Gasteiger partial charge on any atom is 0.0486 e. The first-order chi connectivity index (χ1) is 10.8. The molecule has 0 saturated heterocycles. The Morgan fingerprint density at radius 2 is 2.05 bits per heavy atom. The Labute approximate surface area is 134 Å². The third-order valence-corrected chi connectivity index (χ3v) is 4.70. The second kappa shape index (κ2) is 7.15. The van der Waals surface area contributed by atoms with E-state index in [0.29, 0.717) is 6.04 Å². The van der Waals surface area contributed by atoms with E-state index in [1.165, 1.54) is 48.6 Å². The maximum atomic E-state index is 3.64. The van der Waals surface area contributed by atoms with Crippen LogP contribution >= 0.6 is 0 Å². The molecule has 2 nitrogen and oxygen atoms in total. The summed E-state index contributed by atoms with van der Waals surface area (Å²) < 4.78 is 2.38. The SMILES string of the molecule is CC(C)n1cc(CNCCC2=CCCCC2)c2ccccc21. The molecule has 2 aromatic rings. The molecule has 2 heteroatoms. The topological polar surface area (TPSA) is 17.0 Å². The fourth-order valence-corrected chi connectivity index (χ4v) is 3.45. The zero-order valence-corrected chi connectivity index (χ0v) is 13.9. The van der Waals surface area contributed by atoms with Crippen molar-refractivity contribution in [1.29, 1.82) is 0 Å². The second-order valence-corrected chi connectivity index (χ2v) is 6.71. The molecule has 1 N–H and O–H groups in total. The van der Waals surface area contributed by atoms with E-state index in [1.807, 2.05) is 0 Å². The van der Waals surface area contributed by atoms with Crippen LogP contribution in [0.25, 0.3) is 10.9 Å². The van der Waals surface area contributed by atoms with Crippen LogP contribution in [-0.4, -0.2) is 11.1 Å². The van der Waals surface area contributed by atoms with Crippen molar-refractivity contribution >= 4 is 10.9 Å². The highest BCUT2D eigenvalue weighted by Gasteiger charge is 2.10. The fraction of sp³-hybridized carbons (Fsp3) is 0.500. The first-order valence-electron chi connectivity index (χ1n) is 8.73. The van der Waals surface area contributed by atoms with Crippen LogP contribution in [0.2, 0.25) is 0 Å². The molecule has 0 fully saturated rings. The van der Waals surface area contributed by atoms with Gasteiger partial charge in [-0.1, -0.05) is 29.8 Å². The van der Waals surface area contributed by atoms with Crippen molar-refractivity contribution in [3.63, 3.8) is 0 Å². The van der Waals surface area contributed by atoms with E-state index >= 15 is 0 Å². The molecule has 0 saturated carbocycles. The lowest BCUT2D eigenvalue weighted by Crippen LogP contribution is -2.15. The molecule has 0 aliphatic heterocycles. The monoisotopic (exact) mass is 296 g/mol. The smallest absolute Gasteiger partial charge is 0.0486 e. The van der Waals surface area contributed by atoms with Crippen LogP contribution in [0.15, 0.2) is 42.1 Å². The van der Waals surface area contributed by atoms with Crippen LogP contribution in [0.4, 0.5) is 0 Å². The lowest BCUT2D eigenvalue weighted by Gasteiger charge is -2.12. The van der Waals surface area contributed by atoms with E-state index in [1.54, 1.807) is 5.57 Å². The zero-order chi connectivity index (χ0) is 15.4. The van der Waals surface area contributed by atoms with E-state index in [9.17, 15) is 0 Å². The van der Waals surface area contributed by atoms with E-state index in [0.717, 1.165) is 13.1 Å². The second-order valence-electron chi connectivity index (χ2n) is 6.71. The number of nitrogens with one attached hydrogen (secondary N) is 1. The van der Waals surface area contributed by atoms with Gasteiger partial charge in [-0.2, -0.15) is 0 Å². The summed E-state index contributed by atoms with van der Waals surface area (Å²) in [4.78, 5) is 0. The summed E-state index contributed by atoms with van der Waals surface area (Å²) in [6, 6.07) is 9.25. The lowest BCUT2D eigenvalue weighted by molar-refractivity contribution is 0.612. The Kier molecular flexibility index (Phi) is 4.99. The van der Waals surface area contributed by atoms with Gasteiger partial charge in [-0.05, 0) is 64.1 Å². The number of rotatable bonds is 6. The highest BCUT2D eigenvalue weighted by Crippen LogP contribution is 2.24. The van der Waals surface area contributed by atoms with Gasteiger partial charge >= 0.3 is 0 Å². The molecule has 3 rings (SSSR count). The van der Waals surface area contributed by atoms with Gasteiger partial charge in [-0.3, -0.25) is 0 Å². The van der Waals surface area contributed by atoms with Crippen molar-refractivity contribution in [2.24, 2.45) is 0 Å². The fourth-order valence-electron chi connectivity index (χ4n) is 3.45. The molecular formula is C20H28N2. The number of para-hydroxylation sites is 1. The molecule has 0 radical (unpaired) electrons. The normalized spacial score (nSPS) is 15.5. The van der Waals surface area contributed by atoms with Crippen LogP contribution in [0.5, 0.6) is 0 Å². The van der Waals surface area contributed by atoms with Crippen LogP contribution in [0.1, 0.15) is 57.6 Å². The minimum absolute atomic E-state index is 0.506. The number of hydrogen-bond donors (Lipinski definition) is 1. The quantitative estimate of drug-likeness (QED) is 0.572. The Morgan fingerprint density at radius 1 is 1.18 bits per heavy atom. The summed E-state index contributed by atoms with van der Waals surface area (Å²) in [6.07, 6.45) is 11.4. The molecule has 1 aromatic carbocycles. The molecule has 1 aliphatic carbocycles.